The van der Waals surface area contributed by atoms with E-state index < -0.39 is 0 Å². The van der Waals surface area contributed by atoms with E-state index in [9.17, 15) is 14.0 Å². The molecule has 1 atom stereocenters. The zero-order valence-electron chi connectivity index (χ0n) is 17.4. The van der Waals surface area contributed by atoms with Crippen LogP contribution in [-0.4, -0.2) is 47.4 Å². The van der Waals surface area contributed by atoms with E-state index >= 15 is 0 Å². The van der Waals surface area contributed by atoms with Gasteiger partial charge in [0, 0.05) is 26.1 Å². The topological polar surface area (TPSA) is 63.0 Å². The van der Waals surface area contributed by atoms with Gasteiger partial charge in [-0.05, 0) is 49.1 Å². The van der Waals surface area contributed by atoms with Gasteiger partial charge in [0.25, 0.3) is 0 Å². The standard InChI is InChI=1S/C23H29FN2O4/c1-2-5-22(27)26(16-21-7-4-13-30-21)17-23(28)25(15-20-6-3-12-29-20)14-18-8-10-19(24)11-9-18/h3,6,8-12,21H,2,4-5,7,13-17H2,1H3/t21-/m0/s1. The van der Waals surface area contributed by atoms with Crippen LogP contribution in [0.2, 0.25) is 0 Å². The van der Waals surface area contributed by atoms with Crippen LogP contribution in [-0.2, 0) is 27.4 Å². The van der Waals surface area contributed by atoms with Crippen LogP contribution in [0.15, 0.2) is 47.1 Å². The summed E-state index contributed by atoms with van der Waals surface area (Å²) in [5, 5.41) is 0. The van der Waals surface area contributed by atoms with Crippen molar-refractivity contribution in [3.63, 3.8) is 0 Å². The molecule has 7 heteroatoms. The Hall–Kier alpha value is -2.67. The highest BCUT2D eigenvalue weighted by molar-refractivity contribution is 5.84. The van der Waals surface area contributed by atoms with Crippen LogP contribution in [0.5, 0.6) is 0 Å². The molecular weight excluding hydrogens is 387 g/mol. The van der Waals surface area contributed by atoms with Crippen LogP contribution >= 0.6 is 0 Å². The minimum absolute atomic E-state index is 0.0133. The lowest BCUT2D eigenvalue weighted by molar-refractivity contribution is -0.142. The summed E-state index contributed by atoms with van der Waals surface area (Å²) in [6.07, 6.45) is 4.54. The Morgan fingerprint density at radius 3 is 2.53 bits per heavy atom. The summed E-state index contributed by atoms with van der Waals surface area (Å²) in [5.41, 5.74) is 0.807. The Morgan fingerprint density at radius 1 is 1.10 bits per heavy atom. The van der Waals surface area contributed by atoms with Crippen molar-refractivity contribution in [1.82, 2.24) is 9.80 Å². The third-order valence-electron chi connectivity index (χ3n) is 5.16. The number of carbonyl (C=O) groups is 2. The number of amides is 2. The molecule has 162 valence electrons. The van der Waals surface area contributed by atoms with Crippen LogP contribution in [0.4, 0.5) is 4.39 Å². The monoisotopic (exact) mass is 416 g/mol. The molecule has 3 rings (SSSR count). The van der Waals surface area contributed by atoms with Gasteiger partial charge in [0.15, 0.2) is 0 Å². The van der Waals surface area contributed by atoms with Gasteiger partial charge in [0.2, 0.25) is 11.8 Å². The van der Waals surface area contributed by atoms with Crippen molar-refractivity contribution in [2.24, 2.45) is 0 Å². The summed E-state index contributed by atoms with van der Waals surface area (Å²) in [6.45, 7) is 3.64. The van der Waals surface area contributed by atoms with Crippen molar-refractivity contribution in [2.75, 3.05) is 19.7 Å². The summed E-state index contributed by atoms with van der Waals surface area (Å²) in [6, 6.07) is 9.63. The highest BCUT2D eigenvalue weighted by Crippen LogP contribution is 2.16. The second kappa shape index (κ2) is 10.9. The molecule has 2 amide bonds. The van der Waals surface area contributed by atoms with Gasteiger partial charge in [-0.1, -0.05) is 19.1 Å². The molecule has 2 heterocycles. The van der Waals surface area contributed by atoms with Gasteiger partial charge in [0.1, 0.15) is 11.6 Å². The second-order valence-electron chi connectivity index (χ2n) is 7.61. The number of furan rings is 1. The van der Waals surface area contributed by atoms with Crippen LogP contribution in [0.25, 0.3) is 0 Å². The third kappa shape index (κ3) is 6.42. The number of carbonyl (C=O) groups excluding carboxylic acids is 2. The maximum absolute atomic E-state index is 13.3. The van der Waals surface area contributed by atoms with E-state index in [4.69, 9.17) is 9.15 Å². The highest BCUT2D eigenvalue weighted by Gasteiger charge is 2.26. The first-order valence-electron chi connectivity index (χ1n) is 10.5. The van der Waals surface area contributed by atoms with Gasteiger partial charge in [-0.25, -0.2) is 4.39 Å². The Kier molecular flexibility index (Phi) is 8.02. The average Bonchev–Trinajstić information content (AvgIpc) is 3.43. The van der Waals surface area contributed by atoms with Gasteiger partial charge in [-0.3, -0.25) is 9.59 Å². The lowest BCUT2D eigenvalue weighted by Gasteiger charge is -2.29. The van der Waals surface area contributed by atoms with Crippen molar-refractivity contribution >= 4 is 11.8 Å². The fraction of sp³-hybridized carbons (Fsp3) is 0.478. The molecule has 1 saturated heterocycles. The highest BCUT2D eigenvalue weighted by atomic mass is 19.1. The lowest BCUT2D eigenvalue weighted by Crippen LogP contribution is -2.45. The molecule has 0 aliphatic carbocycles. The Bertz CT molecular complexity index is 801. The van der Waals surface area contributed by atoms with Crippen LogP contribution in [0, 0.1) is 5.82 Å². The number of rotatable bonds is 10. The fourth-order valence-electron chi connectivity index (χ4n) is 3.56. The van der Waals surface area contributed by atoms with Gasteiger partial charge < -0.3 is 19.0 Å². The van der Waals surface area contributed by atoms with E-state index in [1.54, 1.807) is 40.3 Å². The molecule has 6 nitrogen and oxygen atoms in total. The molecule has 0 unspecified atom stereocenters. The normalized spacial score (nSPS) is 15.9. The van der Waals surface area contributed by atoms with Gasteiger partial charge in [-0.15, -0.1) is 0 Å². The van der Waals surface area contributed by atoms with E-state index in [-0.39, 0.29) is 36.8 Å². The molecule has 2 aromatic rings. The lowest BCUT2D eigenvalue weighted by atomic mass is 10.2. The van der Waals surface area contributed by atoms with Crippen molar-refractivity contribution in [2.45, 2.75) is 51.8 Å². The summed E-state index contributed by atoms with van der Waals surface area (Å²) in [5.74, 6) is 0.103. The minimum Gasteiger partial charge on any atom is -0.467 e. The van der Waals surface area contributed by atoms with E-state index in [0.717, 1.165) is 24.8 Å². The molecule has 0 N–H and O–H groups in total. The maximum Gasteiger partial charge on any atom is 0.242 e. The largest absolute Gasteiger partial charge is 0.467 e. The zero-order valence-corrected chi connectivity index (χ0v) is 17.4. The number of hydrogen-bond acceptors (Lipinski definition) is 4. The number of nitrogens with zero attached hydrogens (tertiary/aromatic N) is 2. The Morgan fingerprint density at radius 2 is 1.90 bits per heavy atom. The summed E-state index contributed by atoms with van der Waals surface area (Å²) >= 11 is 0. The van der Waals surface area contributed by atoms with E-state index in [1.807, 2.05) is 6.92 Å². The van der Waals surface area contributed by atoms with Gasteiger partial charge in [0.05, 0.1) is 25.5 Å². The molecular formula is C23H29FN2O4. The number of benzene rings is 1. The maximum atomic E-state index is 13.3. The quantitative estimate of drug-likeness (QED) is 0.592. The first-order chi connectivity index (χ1) is 14.5. The van der Waals surface area contributed by atoms with Gasteiger partial charge in [-0.2, -0.15) is 0 Å². The Balaban J connectivity index is 1.72. The van der Waals surface area contributed by atoms with Crippen LogP contribution < -0.4 is 0 Å². The first-order valence-corrected chi connectivity index (χ1v) is 10.5. The van der Waals surface area contributed by atoms with Crippen molar-refractivity contribution in [3.05, 3.63) is 59.8 Å². The Labute approximate surface area is 176 Å². The SMILES string of the molecule is CCCC(=O)N(CC(=O)N(Cc1ccc(F)cc1)Cc1ccco1)C[C@@H]1CCCO1. The van der Waals surface area contributed by atoms with E-state index in [0.29, 0.717) is 31.9 Å². The van der Waals surface area contributed by atoms with Crippen molar-refractivity contribution in [1.29, 1.82) is 0 Å². The third-order valence-corrected chi connectivity index (χ3v) is 5.16. The van der Waals surface area contributed by atoms with Crippen molar-refractivity contribution in [3.8, 4) is 0 Å². The smallest absolute Gasteiger partial charge is 0.242 e. The molecule has 30 heavy (non-hydrogen) atoms. The molecule has 1 aliphatic rings. The van der Waals surface area contributed by atoms with Crippen molar-refractivity contribution < 1.29 is 23.1 Å². The fourth-order valence-corrected chi connectivity index (χ4v) is 3.56. The number of hydrogen-bond donors (Lipinski definition) is 0. The van der Waals surface area contributed by atoms with Crippen LogP contribution in [0.1, 0.15) is 43.9 Å². The first kappa shape index (κ1) is 22.0. The van der Waals surface area contributed by atoms with E-state index in [2.05, 4.69) is 0 Å². The molecule has 0 radical (unpaired) electrons. The predicted molar refractivity (Wildman–Crippen MR) is 110 cm³/mol. The molecule has 0 bridgehead atoms. The minimum atomic E-state index is -0.324. The summed E-state index contributed by atoms with van der Waals surface area (Å²) in [4.78, 5) is 29.1. The molecule has 0 saturated carbocycles. The number of halogens is 1. The number of ether oxygens (including phenoxy) is 1. The summed E-state index contributed by atoms with van der Waals surface area (Å²) < 4.78 is 24.4. The molecule has 0 spiro atoms. The molecule has 1 aromatic heterocycles. The van der Waals surface area contributed by atoms with E-state index in [1.165, 1.54) is 12.1 Å². The van der Waals surface area contributed by atoms with Gasteiger partial charge >= 0.3 is 0 Å². The molecule has 1 aliphatic heterocycles. The average molecular weight is 416 g/mol. The molecule has 1 fully saturated rings. The second-order valence-corrected chi connectivity index (χ2v) is 7.61. The predicted octanol–water partition coefficient (Wildman–Crippen LogP) is 3.76. The molecule has 1 aromatic carbocycles. The zero-order chi connectivity index (χ0) is 21.3. The van der Waals surface area contributed by atoms with Crippen LogP contribution in [0.3, 0.4) is 0 Å². The summed E-state index contributed by atoms with van der Waals surface area (Å²) in [7, 11) is 0.